The Balaban J connectivity index is 3.85. The van der Waals surface area contributed by atoms with E-state index in [0.29, 0.717) is 6.42 Å². The van der Waals surface area contributed by atoms with Crippen LogP contribution in [0, 0.1) is 16.0 Å². The highest BCUT2D eigenvalue weighted by Gasteiger charge is 2.17. The van der Waals surface area contributed by atoms with Gasteiger partial charge in [-0.25, -0.2) is 0 Å². The van der Waals surface area contributed by atoms with Crippen molar-refractivity contribution < 1.29 is 14.8 Å². The Hall–Kier alpha value is -1.13. The first kappa shape index (κ1) is 10.9. The number of aliphatic carboxylic acids is 1. The fourth-order valence-electron chi connectivity index (χ4n) is 1.12. The molecule has 0 amide bonds. The van der Waals surface area contributed by atoms with Crippen LogP contribution < -0.4 is 0 Å². The number of rotatable bonds is 6. The predicted octanol–water partition coefficient (Wildman–Crippen LogP) is 1.15. The van der Waals surface area contributed by atoms with Gasteiger partial charge in [-0.15, -0.1) is 0 Å². The van der Waals surface area contributed by atoms with Crippen LogP contribution in [0.4, 0.5) is 0 Å². The lowest BCUT2D eigenvalue weighted by Crippen LogP contribution is -2.17. The van der Waals surface area contributed by atoms with E-state index in [-0.39, 0.29) is 18.9 Å². The highest BCUT2D eigenvalue weighted by molar-refractivity contribution is 5.66. The van der Waals surface area contributed by atoms with E-state index < -0.39 is 10.9 Å². The van der Waals surface area contributed by atoms with Crippen molar-refractivity contribution in [1.29, 1.82) is 0 Å². The van der Waals surface area contributed by atoms with Crippen molar-refractivity contribution in [3.05, 3.63) is 10.1 Å². The summed E-state index contributed by atoms with van der Waals surface area (Å²) in [7, 11) is 0. The average molecular weight is 175 g/mol. The van der Waals surface area contributed by atoms with Gasteiger partial charge >= 0.3 is 5.97 Å². The third-order valence-electron chi connectivity index (χ3n) is 1.57. The van der Waals surface area contributed by atoms with E-state index in [2.05, 4.69) is 0 Å². The molecule has 0 aliphatic carbocycles. The Morgan fingerprint density at radius 3 is 2.58 bits per heavy atom. The zero-order chi connectivity index (χ0) is 9.56. The van der Waals surface area contributed by atoms with Gasteiger partial charge in [0.25, 0.3) is 0 Å². The topological polar surface area (TPSA) is 80.4 Å². The van der Waals surface area contributed by atoms with Crippen molar-refractivity contribution >= 4 is 5.97 Å². The highest BCUT2D eigenvalue weighted by Crippen LogP contribution is 2.10. The van der Waals surface area contributed by atoms with E-state index in [1.54, 1.807) is 0 Å². The first-order valence-corrected chi connectivity index (χ1v) is 3.89. The molecule has 0 aromatic rings. The Morgan fingerprint density at radius 2 is 2.25 bits per heavy atom. The number of carbonyl (C=O) groups is 1. The van der Waals surface area contributed by atoms with Crippen LogP contribution in [0.2, 0.25) is 0 Å². The van der Waals surface area contributed by atoms with Crippen molar-refractivity contribution in [2.24, 2.45) is 5.92 Å². The summed E-state index contributed by atoms with van der Waals surface area (Å²) in [5, 5.41) is 18.5. The van der Waals surface area contributed by atoms with Crippen LogP contribution in [0.3, 0.4) is 0 Å². The van der Waals surface area contributed by atoms with Crippen LogP contribution in [-0.4, -0.2) is 22.5 Å². The monoisotopic (exact) mass is 175 g/mol. The van der Waals surface area contributed by atoms with E-state index in [1.165, 1.54) is 0 Å². The molecule has 0 unspecified atom stereocenters. The number of carboxylic acids is 1. The molecule has 0 spiro atoms. The predicted molar refractivity (Wildman–Crippen MR) is 42.5 cm³/mol. The second kappa shape index (κ2) is 5.51. The van der Waals surface area contributed by atoms with Gasteiger partial charge in [0.15, 0.2) is 0 Å². The maximum absolute atomic E-state index is 10.2. The molecule has 0 rings (SSSR count). The van der Waals surface area contributed by atoms with Crippen LogP contribution in [0.1, 0.15) is 26.2 Å². The molecule has 0 radical (unpaired) electrons. The minimum absolute atomic E-state index is 0.102. The molecule has 70 valence electrons. The first-order valence-electron chi connectivity index (χ1n) is 3.89. The second-order valence-electron chi connectivity index (χ2n) is 2.77. The van der Waals surface area contributed by atoms with Crippen LogP contribution in [0.25, 0.3) is 0 Å². The van der Waals surface area contributed by atoms with Gasteiger partial charge in [-0.3, -0.25) is 14.9 Å². The summed E-state index contributed by atoms with van der Waals surface area (Å²) < 4.78 is 0. The number of nitrogens with zero attached hydrogens (tertiary/aromatic N) is 1. The van der Waals surface area contributed by atoms with Gasteiger partial charge in [-0.1, -0.05) is 13.3 Å². The molecule has 0 bridgehead atoms. The Morgan fingerprint density at radius 1 is 1.67 bits per heavy atom. The summed E-state index contributed by atoms with van der Waals surface area (Å²) in [6, 6.07) is 0. The molecule has 0 saturated heterocycles. The van der Waals surface area contributed by atoms with E-state index >= 15 is 0 Å². The minimum Gasteiger partial charge on any atom is -0.481 e. The quantitative estimate of drug-likeness (QED) is 0.485. The van der Waals surface area contributed by atoms with Crippen LogP contribution in [0.5, 0.6) is 0 Å². The number of carboxylic acid groups (broad SMARTS) is 1. The van der Waals surface area contributed by atoms with Crippen molar-refractivity contribution in [3.63, 3.8) is 0 Å². The van der Waals surface area contributed by atoms with E-state index in [1.807, 2.05) is 6.92 Å². The molecule has 0 aliphatic heterocycles. The lowest BCUT2D eigenvalue weighted by atomic mass is 10.0. The highest BCUT2D eigenvalue weighted by atomic mass is 16.6. The van der Waals surface area contributed by atoms with Gasteiger partial charge in [-0.05, 0) is 6.42 Å². The molecule has 12 heavy (non-hydrogen) atoms. The van der Waals surface area contributed by atoms with Gasteiger partial charge < -0.3 is 5.11 Å². The van der Waals surface area contributed by atoms with Gasteiger partial charge in [0.2, 0.25) is 6.54 Å². The molecule has 0 heterocycles. The summed E-state index contributed by atoms with van der Waals surface area (Å²) in [5.41, 5.74) is 0. The molecule has 5 nitrogen and oxygen atoms in total. The maximum Gasteiger partial charge on any atom is 0.303 e. The third kappa shape index (κ3) is 5.64. The molecule has 0 aromatic heterocycles. The number of nitro groups is 1. The summed E-state index contributed by atoms with van der Waals surface area (Å²) in [5.74, 6) is -1.28. The van der Waals surface area contributed by atoms with Gasteiger partial charge in [0, 0.05) is 10.8 Å². The average Bonchev–Trinajstić information content (AvgIpc) is 1.84. The standard InChI is InChI=1S/C7H13NO4/c1-2-3-6(4-7(9)10)5-8(11)12/h6H,2-5H2,1H3,(H,9,10)/t6-/m1/s1. The number of hydrogen-bond donors (Lipinski definition) is 1. The molecule has 0 saturated carbocycles. The zero-order valence-electron chi connectivity index (χ0n) is 7.02. The van der Waals surface area contributed by atoms with E-state index in [4.69, 9.17) is 5.11 Å². The van der Waals surface area contributed by atoms with E-state index in [9.17, 15) is 14.9 Å². The van der Waals surface area contributed by atoms with Gasteiger partial charge in [0.1, 0.15) is 0 Å². The smallest absolute Gasteiger partial charge is 0.303 e. The molecule has 1 atom stereocenters. The SMILES string of the molecule is CCC[C@H](CC(=O)O)C[N+](=O)[O-]. The molecular formula is C7H13NO4. The lowest BCUT2D eigenvalue weighted by Gasteiger charge is -2.07. The molecule has 0 aliphatic rings. The van der Waals surface area contributed by atoms with Crippen molar-refractivity contribution in [1.82, 2.24) is 0 Å². The number of hydrogen-bond acceptors (Lipinski definition) is 3. The van der Waals surface area contributed by atoms with Crippen LogP contribution in [0.15, 0.2) is 0 Å². The van der Waals surface area contributed by atoms with Gasteiger partial charge in [0.05, 0.1) is 6.42 Å². The van der Waals surface area contributed by atoms with Crippen molar-refractivity contribution in [2.75, 3.05) is 6.54 Å². The largest absolute Gasteiger partial charge is 0.481 e. The fourth-order valence-corrected chi connectivity index (χ4v) is 1.12. The second-order valence-corrected chi connectivity index (χ2v) is 2.77. The normalized spacial score (nSPS) is 12.4. The Bertz CT molecular complexity index is 153. The Kier molecular flexibility index (Phi) is 4.99. The summed E-state index contributed by atoms with van der Waals surface area (Å²) in [6.45, 7) is 1.65. The van der Waals surface area contributed by atoms with Gasteiger partial charge in [-0.2, -0.15) is 0 Å². The minimum atomic E-state index is -0.963. The lowest BCUT2D eigenvalue weighted by molar-refractivity contribution is -0.488. The molecule has 1 N–H and O–H groups in total. The third-order valence-corrected chi connectivity index (χ3v) is 1.57. The van der Waals surface area contributed by atoms with Crippen molar-refractivity contribution in [3.8, 4) is 0 Å². The van der Waals surface area contributed by atoms with E-state index in [0.717, 1.165) is 6.42 Å². The van der Waals surface area contributed by atoms with Crippen LogP contribution in [-0.2, 0) is 4.79 Å². The summed E-state index contributed by atoms with van der Waals surface area (Å²) >= 11 is 0. The summed E-state index contributed by atoms with van der Waals surface area (Å²) in [6.07, 6.45) is 1.29. The molecule has 0 fully saturated rings. The Labute approximate surface area is 70.5 Å². The first-order chi connectivity index (χ1) is 5.56. The van der Waals surface area contributed by atoms with Crippen LogP contribution >= 0.6 is 0 Å². The molecule has 0 aromatic carbocycles. The zero-order valence-corrected chi connectivity index (χ0v) is 7.02. The fraction of sp³-hybridized carbons (Fsp3) is 0.857. The molecular weight excluding hydrogens is 162 g/mol. The maximum atomic E-state index is 10.2. The van der Waals surface area contributed by atoms with Crippen molar-refractivity contribution in [2.45, 2.75) is 26.2 Å². The summed E-state index contributed by atoms with van der Waals surface area (Å²) in [4.78, 5) is 19.9. The molecule has 5 heteroatoms.